The van der Waals surface area contributed by atoms with Crippen LogP contribution in [0.5, 0.6) is 0 Å². The maximum Gasteiger partial charge on any atom is 0.438 e. The summed E-state index contributed by atoms with van der Waals surface area (Å²) in [4.78, 5) is 10.9. The van der Waals surface area contributed by atoms with Crippen LogP contribution in [-0.4, -0.2) is 27.1 Å². The minimum Gasteiger partial charge on any atom is -0.464 e. The number of halogens is 1. The van der Waals surface area contributed by atoms with Crippen molar-refractivity contribution < 1.29 is 26.0 Å². The second-order valence-electron chi connectivity index (χ2n) is 2.65. The molecule has 1 atom stereocenters. The Kier molecular flexibility index (Phi) is 5.63. The molecule has 0 bridgehead atoms. The number of esters is 1. The molecule has 0 aliphatic carbocycles. The Balaban J connectivity index is 3.88. The molecular formula is C7H13FO5S. The van der Waals surface area contributed by atoms with Gasteiger partial charge in [0.2, 0.25) is 0 Å². The highest BCUT2D eigenvalue weighted by molar-refractivity contribution is 7.81. The van der Waals surface area contributed by atoms with Gasteiger partial charge < -0.3 is 4.74 Å². The molecule has 0 aliphatic heterocycles. The van der Waals surface area contributed by atoms with Crippen molar-refractivity contribution in [2.24, 2.45) is 0 Å². The summed E-state index contributed by atoms with van der Waals surface area (Å²) in [7, 11) is -5.10. The molecule has 0 saturated heterocycles. The molecule has 0 aromatic rings. The third-order valence-electron chi connectivity index (χ3n) is 1.33. The molecule has 0 radical (unpaired) electrons. The fourth-order valence-corrected chi connectivity index (χ4v) is 1.07. The summed E-state index contributed by atoms with van der Waals surface area (Å²) in [6, 6.07) is 0. The van der Waals surface area contributed by atoms with Crippen LogP contribution in [0.3, 0.4) is 0 Å². The maximum absolute atomic E-state index is 11.9. The fourth-order valence-electron chi connectivity index (χ4n) is 0.646. The standard InChI is InChI=1S/C7H13FO5S/c1-3-4-5-12-7(9)6(2)13-14(8,10)11/h6H,3-5H2,1-2H3/t6-/m1/s1. The largest absolute Gasteiger partial charge is 0.464 e. The molecule has 0 amide bonds. The second kappa shape index (κ2) is 5.92. The van der Waals surface area contributed by atoms with Crippen LogP contribution in [0, 0.1) is 0 Å². The smallest absolute Gasteiger partial charge is 0.438 e. The molecule has 14 heavy (non-hydrogen) atoms. The van der Waals surface area contributed by atoms with Crippen LogP contribution in [0.25, 0.3) is 0 Å². The van der Waals surface area contributed by atoms with Gasteiger partial charge in [0.15, 0.2) is 6.10 Å². The van der Waals surface area contributed by atoms with Gasteiger partial charge in [-0.15, -0.1) is 0 Å². The average Bonchev–Trinajstić information content (AvgIpc) is 2.01. The summed E-state index contributed by atoms with van der Waals surface area (Å²) in [5.74, 6) is -0.889. The molecular weight excluding hydrogens is 215 g/mol. The molecule has 0 N–H and O–H groups in total. The molecule has 0 unspecified atom stereocenters. The Labute approximate surface area is 82.6 Å². The second-order valence-corrected chi connectivity index (χ2v) is 3.63. The lowest BCUT2D eigenvalue weighted by Gasteiger charge is -2.08. The topological polar surface area (TPSA) is 69.7 Å². The van der Waals surface area contributed by atoms with Gasteiger partial charge in [-0.05, 0) is 13.3 Å². The number of unbranched alkanes of at least 4 members (excludes halogenated alkanes) is 1. The molecule has 5 nitrogen and oxygen atoms in total. The number of ether oxygens (including phenoxy) is 1. The van der Waals surface area contributed by atoms with Crippen molar-refractivity contribution in [1.82, 2.24) is 0 Å². The number of carbonyl (C=O) groups excluding carboxylic acids is 1. The quantitative estimate of drug-likeness (QED) is 0.384. The van der Waals surface area contributed by atoms with E-state index in [1.165, 1.54) is 0 Å². The summed E-state index contributed by atoms with van der Waals surface area (Å²) in [5.41, 5.74) is 0. The molecule has 0 saturated carbocycles. The van der Waals surface area contributed by atoms with Gasteiger partial charge in [0, 0.05) is 0 Å². The maximum atomic E-state index is 11.9. The van der Waals surface area contributed by atoms with E-state index >= 15 is 0 Å². The van der Waals surface area contributed by atoms with Crippen molar-refractivity contribution >= 4 is 16.5 Å². The first-order valence-electron chi connectivity index (χ1n) is 4.16. The molecule has 0 fully saturated rings. The van der Waals surface area contributed by atoms with Crippen molar-refractivity contribution in [3.63, 3.8) is 0 Å². The van der Waals surface area contributed by atoms with Crippen LogP contribution < -0.4 is 0 Å². The zero-order chi connectivity index (χ0) is 11.2. The van der Waals surface area contributed by atoms with Crippen LogP contribution in [-0.2, 0) is 24.2 Å². The number of rotatable bonds is 6. The van der Waals surface area contributed by atoms with E-state index < -0.39 is 22.6 Å². The molecule has 7 heteroatoms. The summed E-state index contributed by atoms with van der Waals surface area (Å²) in [5, 5.41) is 0. The van der Waals surface area contributed by atoms with E-state index in [0.29, 0.717) is 6.42 Å². The Bertz CT molecular complexity index is 274. The molecule has 0 heterocycles. The SMILES string of the molecule is CCCCOC(=O)[C@@H](C)OS(=O)(=O)F. The van der Waals surface area contributed by atoms with E-state index in [4.69, 9.17) is 0 Å². The molecule has 0 aromatic heterocycles. The summed E-state index contributed by atoms with van der Waals surface area (Å²) in [6.07, 6.45) is 0.0620. The van der Waals surface area contributed by atoms with Crippen molar-refractivity contribution in [3.05, 3.63) is 0 Å². The van der Waals surface area contributed by atoms with E-state index in [9.17, 15) is 17.1 Å². The Morgan fingerprint density at radius 1 is 1.50 bits per heavy atom. The van der Waals surface area contributed by atoms with E-state index in [1.54, 1.807) is 0 Å². The van der Waals surface area contributed by atoms with E-state index in [2.05, 4.69) is 8.92 Å². The van der Waals surface area contributed by atoms with E-state index in [1.807, 2.05) is 6.92 Å². The van der Waals surface area contributed by atoms with Crippen LogP contribution in [0.2, 0.25) is 0 Å². The summed E-state index contributed by atoms with van der Waals surface area (Å²) >= 11 is 0. The zero-order valence-corrected chi connectivity index (χ0v) is 8.84. The predicted octanol–water partition coefficient (Wildman–Crippen LogP) is 0.949. The van der Waals surface area contributed by atoms with Gasteiger partial charge in [0.25, 0.3) is 0 Å². The third-order valence-corrected chi connectivity index (χ3v) is 1.85. The van der Waals surface area contributed by atoms with Gasteiger partial charge in [-0.2, -0.15) is 8.42 Å². The fraction of sp³-hybridized carbons (Fsp3) is 0.857. The zero-order valence-electron chi connectivity index (χ0n) is 8.03. The lowest BCUT2D eigenvalue weighted by Crippen LogP contribution is -2.25. The molecule has 0 aromatic carbocycles. The minimum atomic E-state index is -5.10. The first kappa shape index (κ1) is 13.3. The molecule has 0 rings (SSSR count). The lowest BCUT2D eigenvalue weighted by atomic mass is 10.3. The lowest BCUT2D eigenvalue weighted by molar-refractivity contribution is -0.151. The van der Waals surface area contributed by atoms with Crippen LogP contribution >= 0.6 is 0 Å². The summed E-state index contributed by atoms with van der Waals surface area (Å²) < 4.78 is 40.2. The number of carbonyl (C=O) groups is 1. The van der Waals surface area contributed by atoms with Gasteiger partial charge in [0.1, 0.15) is 0 Å². The van der Waals surface area contributed by atoms with Gasteiger partial charge in [-0.1, -0.05) is 17.2 Å². The number of hydrogen-bond donors (Lipinski definition) is 0. The highest BCUT2D eigenvalue weighted by Crippen LogP contribution is 2.03. The van der Waals surface area contributed by atoms with Crippen molar-refractivity contribution in [3.8, 4) is 0 Å². The Hall–Kier alpha value is -0.690. The first-order chi connectivity index (χ1) is 6.37. The predicted molar refractivity (Wildman–Crippen MR) is 46.4 cm³/mol. The first-order valence-corrected chi connectivity index (χ1v) is 5.47. The van der Waals surface area contributed by atoms with Crippen molar-refractivity contribution in [1.29, 1.82) is 0 Å². The van der Waals surface area contributed by atoms with Crippen LogP contribution in [0.1, 0.15) is 26.7 Å². The van der Waals surface area contributed by atoms with Gasteiger partial charge >= 0.3 is 16.5 Å². The number of hydrogen-bond acceptors (Lipinski definition) is 5. The van der Waals surface area contributed by atoms with Gasteiger partial charge in [-0.3, -0.25) is 0 Å². The van der Waals surface area contributed by atoms with Gasteiger partial charge in [-0.25, -0.2) is 8.98 Å². The van der Waals surface area contributed by atoms with Crippen LogP contribution in [0.4, 0.5) is 3.89 Å². The van der Waals surface area contributed by atoms with Crippen LogP contribution in [0.15, 0.2) is 0 Å². The normalized spacial score (nSPS) is 13.6. The van der Waals surface area contributed by atoms with Gasteiger partial charge in [0.05, 0.1) is 6.61 Å². The monoisotopic (exact) mass is 228 g/mol. The summed E-state index contributed by atoms with van der Waals surface area (Å²) in [6.45, 7) is 3.18. The average molecular weight is 228 g/mol. The molecule has 84 valence electrons. The Morgan fingerprint density at radius 3 is 2.50 bits per heavy atom. The van der Waals surface area contributed by atoms with E-state index in [0.717, 1.165) is 13.3 Å². The van der Waals surface area contributed by atoms with Crippen molar-refractivity contribution in [2.45, 2.75) is 32.8 Å². The Morgan fingerprint density at radius 2 is 2.07 bits per heavy atom. The third kappa shape index (κ3) is 6.79. The highest BCUT2D eigenvalue weighted by Gasteiger charge is 2.22. The van der Waals surface area contributed by atoms with E-state index in [-0.39, 0.29) is 6.61 Å². The molecule has 0 aliphatic rings. The molecule has 0 spiro atoms. The van der Waals surface area contributed by atoms with Crippen molar-refractivity contribution in [2.75, 3.05) is 6.61 Å². The highest BCUT2D eigenvalue weighted by atomic mass is 32.3. The minimum absolute atomic E-state index is 0.176.